The molecule has 0 aliphatic heterocycles. The molecule has 0 atom stereocenters. The molecule has 1 aromatic heterocycles. The quantitative estimate of drug-likeness (QED) is 0.820. The second kappa shape index (κ2) is 4.63. The second-order valence-electron chi connectivity index (χ2n) is 3.04. The van der Waals surface area contributed by atoms with Crippen LogP contribution in [0.15, 0.2) is 6.07 Å². The van der Waals surface area contributed by atoms with Gasteiger partial charge in [-0.1, -0.05) is 0 Å². The van der Waals surface area contributed by atoms with Gasteiger partial charge in [-0.25, -0.2) is 13.8 Å². The first kappa shape index (κ1) is 13.3. The van der Waals surface area contributed by atoms with Crippen molar-refractivity contribution in [3.63, 3.8) is 0 Å². The van der Waals surface area contributed by atoms with Crippen molar-refractivity contribution in [1.29, 1.82) is 5.26 Å². The zero-order valence-corrected chi connectivity index (χ0v) is 8.22. The molecule has 92 valence electrons. The van der Waals surface area contributed by atoms with Gasteiger partial charge in [0.05, 0.1) is 16.8 Å². The van der Waals surface area contributed by atoms with Crippen molar-refractivity contribution in [2.24, 2.45) is 5.73 Å². The van der Waals surface area contributed by atoms with E-state index in [1.54, 1.807) is 0 Å². The molecule has 8 heteroatoms. The summed E-state index contributed by atoms with van der Waals surface area (Å²) in [6, 6.07) is 1.60. The summed E-state index contributed by atoms with van der Waals surface area (Å²) in [4.78, 5) is 3.24. The highest BCUT2D eigenvalue weighted by Crippen LogP contribution is 2.35. The Kier molecular flexibility index (Phi) is 3.63. The van der Waals surface area contributed by atoms with Crippen molar-refractivity contribution in [1.82, 2.24) is 4.98 Å². The molecule has 0 fully saturated rings. The molecule has 0 saturated heterocycles. The lowest BCUT2D eigenvalue weighted by atomic mass is 10.1. The SMILES string of the molecule is N#Cc1c(C(F)(F)F)cc(CN)nc1C(F)F. The average Bonchev–Trinajstić information content (AvgIpc) is 2.25. The smallest absolute Gasteiger partial charge is 0.325 e. The Morgan fingerprint density at radius 1 is 1.41 bits per heavy atom. The summed E-state index contributed by atoms with van der Waals surface area (Å²) >= 11 is 0. The van der Waals surface area contributed by atoms with Crippen molar-refractivity contribution in [2.45, 2.75) is 19.1 Å². The van der Waals surface area contributed by atoms with Crippen LogP contribution in [-0.4, -0.2) is 4.98 Å². The third-order valence-electron chi connectivity index (χ3n) is 1.93. The van der Waals surface area contributed by atoms with Crippen LogP contribution in [0.3, 0.4) is 0 Å². The molecule has 0 unspecified atom stereocenters. The van der Waals surface area contributed by atoms with E-state index >= 15 is 0 Å². The highest BCUT2D eigenvalue weighted by Gasteiger charge is 2.37. The van der Waals surface area contributed by atoms with Crippen LogP contribution in [0.1, 0.15) is 28.9 Å². The summed E-state index contributed by atoms with van der Waals surface area (Å²) in [5.74, 6) is 0. The number of hydrogen-bond donors (Lipinski definition) is 1. The molecule has 0 aliphatic rings. The minimum Gasteiger partial charge on any atom is -0.325 e. The molecular formula is C9H6F5N3. The summed E-state index contributed by atoms with van der Waals surface area (Å²) in [5, 5.41) is 8.52. The van der Waals surface area contributed by atoms with Crippen molar-refractivity contribution >= 4 is 0 Å². The van der Waals surface area contributed by atoms with Crippen LogP contribution in [0, 0.1) is 11.3 Å². The molecular weight excluding hydrogens is 245 g/mol. The summed E-state index contributed by atoms with van der Waals surface area (Å²) in [5.41, 5.74) is 0.931. The van der Waals surface area contributed by atoms with Gasteiger partial charge < -0.3 is 5.73 Å². The van der Waals surface area contributed by atoms with Gasteiger partial charge in [0.2, 0.25) is 0 Å². The molecule has 0 spiro atoms. The van der Waals surface area contributed by atoms with Gasteiger partial charge in [-0.2, -0.15) is 18.4 Å². The van der Waals surface area contributed by atoms with Crippen LogP contribution in [0.4, 0.5) is 22.0 Å². The van der Waals surface area contributed by atoms with Crippen LogP contribution < -0.4 is 5.73 Å². The fourth-order valence-corrected chi connectivity index (χ4v) is 1.22. The average molecular weight is 251 g/mol. The number of nitrogens with zero attached hydrogens (tertiary/aromatic N) is 2. The number of hydrogen-bond acceptors (Lipinski definition) is 3. The number of nitriles is 1. The largest absolute Gasteiger partial charge is 0.417 e. The molecule has 17 heavy (non-hydrogen) atoms. The molecule has 0 aliphatic carbocycles. The summed E-state index contributed by atoms with van der Waals surface area (Å²) in [7, 11) is 0. The van der Waals surface area contributed by atoms with E-state index in [1.165, 1.54) is 0 Å². The second-order valence-corrected chi connectivity index (χ2v) is 3.04. The van der Waals surface area contributed by atoms with Gasteiger partial charge in [0.25, 0.3) is 6.43 Å². The standard InChI is InChI=1S/C9H6F5N3/c10-8(11)7-5(3-16)6(9(12,13)14)1-4(2-15)17-7/h1,8H,2,15H2. The van der Waals surface area contributed by atoms with Crippen molar-refractivity contribution in [3.05, 3.63) is 28.6 Å². The third-order valence-corrected chi connectivity index (χ3v) is 1.93. The van der Waals surface area contributed by atoms with Crippen molar-refractivity contribution in [2.75, 3.05) is 0 Å². The Balaban J connectivity index is 3.58. The summed E-state index contributed by atoms with van der Waals surface area (Å²) in [6.07, 6.45) is -8.17. The van der Waals surface area contributed by atoms with Crippen LogP contribution >= 0.6 is 0 Å². The van der Waals surface area contributed by atoms with E-state index in [0.717, 1.165) is 6.07 Å². The van der Waals surface area contributed by atoms with E-state index in [2.05, 4.69) is 4.98 Å². The van der Waals surface area contributed by atoms with Crippen LogP contribution in [0.2, 0.25) is 0 Å². The van der Waals surface area contributed by atoms with E-state index in [4.69, 9.17) is 11.0 Å². The van der Waals surface area contributed by atoms with Crippen LogP contribution in [0.5, 0.6) is 0 Å². The number of aromatic nitrogens is 1. The van der Waals surface area contributed by atoms with Crippen LogP contribution in [-0.2, 0) is 12.7 Å². The summed E-state index contributed by atoms with van der Waals surface area (Å²) in [6.45, 7) is -0.422. The first-order valence-corrected chi connectivity index (χ1v) is 4.30. The van der Waals surface area contributed by atoms with Gasteiger partial charge in [0.1, 0.15) is 11.8 Å². The molecule has 1 heterocycles. The van der Waals surface area contributed by atoms with E-state index in [-0.39, 0.29) is 5.69 Å². The molecule has 3 nitrogen and oxygen atoms in total. The van der Waals surface area contributed by atoms with E-state index in [9.17, 15) is 22.0 Å². The Morgan fingerprint density at radius 2 is 2.00 bits per heavy atom. The molecule has 0 bridgehead atoms. The van der Waals surface area contributed by atoms with Gasteiger partial charge >= 0.3 is 6.18 Å². The number of nitrogens with two attached hydrogens (primary N) is 1. The molecule has 0 aromatic carbocycles. The molecule has 2 N–H and O–H groups in total. The van der Waals surface area contributed by atoms with Gasteiger partial charge in [-0.05, 0) is 6.07 Å². The molecule has 1 rings (SSSR count). The predicted molar refractivity (Wildman–Crippen MR) is 46.8 cm³/mol. The topological polar surface area (TPSA) is 62.7 Å². The minimum atomic E-state index is -4.90. The van der Waals surface area contributed by atoms with Gasteiger partial charge in [0.15, 0.2) is 0 Å². The molecule has 0 saturated carbocycles. The highest BCUT2D eigenvalue weighted by atomic mass is 19.4. The zero-order chi connectivity index (χ0) is 13.2. The lowest BCUT2D eigenvalue weighted by Crippen LogP contribution is -2.14. The fourth-order valence-electron chi connectivity index (χ4n) is 1.22. The number of halogens is 5. The lowest BCUT2D eigenvalue weighted by molar-refractivity contribution is -0.138. The maximum atomic E-state index is 12.5. The normalized spacial score (nSPS) is 11.6. The maximum absolute atomic E-state index is 12.5. The summed E-state index contributed by atoms with van der Waals surface area (Å²) < 4.78 is 62.5. The van der Waals surface area contributed by atoms with Gasteiger partial charge in [-0.15, -0.1) is 0 Å². The van der Waals surface area contributed by atoms with Gasteiger partial charge in [0, 0.05) is 6.54 Å². The monoisotopic (exact) mass is 251 g/mol. The Morgan fingerprint density at radius 3 is 2.35 bits per heavy atom. The Bertz CT molecular complexity index is 461. The van der Waals surface area contributed by atoms with Gasteiger partial charge in [-0.3, -0.25) is 0 Å². The molecule has 0 radical (unpaired) electrons. The molecule has 1 aromatic rings. The fraction of sp³-hybridized carbons (Fsp3) is 0.333. The van der Waals surface area contributed by atoms with E-state index < -0.39 is 36.0 Å². The van der Waals surface area contributed by atoms with E-state index in [1.807, 2.05) is 0 Å². The Hall–Kier alpha value is -1.75. The number of alkyl halides is 5. The predicted octanol–water partition coefficient (Wildman–Crippen LogP) is 2.37. The zero-order valence-electron chi connectivity index (χ0n) is 8.22. The number of rotatable bonds is 2. The van der Waals surface area contributed by atoms with Crippen molar-refractivity contribution < 1.29 is 22.0 Å². The lowest BCUT2D eigenvalue weighted by Gasteiger charge is -2.13. The van der Waals surface area contributed by atoms with E-state index in [0.29, 0.717) is 6.07 Å². The van der Waals surface area contributed by atoms with Crippen LogP contribution in [0.25, 0.3) is 0 Å². The number of pyridine rings is 1. The van der Waals surface area contributed by atoms with Crippen molar-refractivity contribution in [3.8, 4) is 6.07 Å². The third kappa shape index (κ3) is 2.68. The first-order valence-electron chi connectivity index (χ1n) is 4.30. The molecule has 0 amide bonds. The maximum Gasteiger partial charge on any atom is 0.417 e. The first-order chi connectivity index (χ1) is 7.81. The minimum absolute atomic E-state index is 0.341. The Labute approximate surface area is 92.7 Å². The highest BCUT2D eigenvalue weighted by molar-refractivity contribution is 5.44.